The number of hydrogen-bond donors (Lipinski definition) is 2. The highest BCUT2D eigenvalue weighted by atomic mass is 35.5. The van der Waals surface area contributed by atoms with Crippen molar-refractivity contribution in [3.05, 3.63) is 29.4 Å². The lowest BCUT2D eigenvalue weighted by atomic mass is 10.1. The van der Waals surface area contributed by atoms with Crippen molar-refractivity contribution in [3.8, 4) is 0 Å². The number of nitrogens with one attached hydrogen (secondary N) is 1. The summed E-state index contributed by atoms with van der Waals surface area (Å²) in [6.07, 6.45) is 0. The van der Waals surface area contributed by atoms with Crippen LogP contribution < -0.4 is 5.32 Å². The number of fused-ring (bicyclic) bond motifs is 1. The summed E-state index contributed by atoms with van der Waals surface area (Å²) >= 11 is 5.97. The smallest absolute Gasteiger partial charge is 0.159 e. The molecule has 0 fully saturated rings. The molecule has 1 heterocycles. The SMILES string of the molecule is CC(C)(O)CNc1nnc(Cl)c2ccccc12. The molecule has 0 bridgehead atoms. The van der Waals surface area contributed by atoms with E-state index in [-0.39, 0.29) is 0 Å². The van der Waals surface area contributed by atoms with Crippen LogP contribution in [0.25, 0.3) is 10.8 Å². The Morgan fingerprint density at radius 3 is 2.53 bits per heavy atom. The first-order valence-corrected chi connectivity index (χ1v) is 5.72. The summed E-state index contributed by atoms with van der Waals surface area (Å²) in [5, 5.41) is 22.8. The molecular weight excluding hydrogens is 238 g/mol. The van der Waals surface area contributed by atoms with E-state index in [0.29, 0.717) is 17.5 Å². The fraction of sp³-hybridized carbons (Fsp3) is 0.333. The van der Waals surface area contributed by atoms with Crippen LogP contribution in [0.2, 0.25) is 5.15 Å². The van der Waals surface area contributed by atoms with Crippen LogP contribution in [-0.4, -0.2) is 27.4 Å². The van der Waals surface area contributed by atoms with Crippen LogP contribution in [0, 0.1) is 0 Å². The van der Waals surface area contributed by atoms with Gasteiger partial charge in [-0.25, -0.2) is 0 Å². The van der Waals surface area contributed by atoms with Gasteiger partial charge < -0.3 is 10.4 Å². The van der Waals surface area contributed by atoms with Gasteiger partial charge in [-0.2, -0.15) is 0 Å². The minimum Gasteiger partial charge on any atom is -0.389 e. The average Bonchev–Trinajstić information content (AvgIpc) is 2.27. The highest BCUT2D eigenvalue weighted by molar-refractivity contribution is 6.34. The maximum atomic E-state index is 9.67. The van der Waals surface area contributed by atoms with Crippen molar-refractivity contribution in [1.29, 1.82) is 0 Å². The first-order valence-electron chi connectivity index (χ1n) is 5.34. The first-order chi connectivity index (χ1) is 7.97. The summed E-state index contributed by atoms with van der Waals surface area (Å²) < 4.78 is 0. The van der Waals surface area contributed by atoms with Crippen LogP contribution in [0.4, 0.5) is 5.82 Å². The number of nitrogens with zero attached hydrogens (tertiary/aromatic N) is 2. The monoisotopic (exact) mass is 251 g/mol. The van der Waals surface area contributed by atoms with E-state index >= 15 is 0 Å². The number of halogens is 1. The third-order valence-electron chi connectivity index (χ3n) is 2.33. The Morgan fingerprint density at radius 2 is 1.88 bits per heavy atom. The maximum Gasteiger partial charge on any atom is 0.159 e. The normalized spacial score (nSPS) is 11.8. The lowest BCUT2D eigenvalue weighted by Gasteiger charge is -2.18. The fourth-order valence-electron chi connectivity index (χ4n) is 1.50. The molecule has 0 saturated carbocycles. The van der Waals surface area contributed by atoms with E-state index in [1.165, 1.54) is 0 Å². The standard InChI is InChI=1S/C12H14ClN3O/c1-12(2,17)7-14-11-9-6-4-3-5-8(9)10(13)15-16-11/h3-6,17H,7H2,1-2H3,(H,14,16). The summed E-state index contributed by atoms with van der Waals surface area (Å²) in [6, 6.07) is 7.62. The Bertz CT molecular complexity index is 537. The number of anilines is 1. The molecular formula is C12H14ClN3O. The number of benzene rings is 1. The van der Waals surface area contributed by atoms with Crippen LogP contribution in [0.15, 0.2) is 24.3 Å². The summed E-state index contributed by atoms with van der Waals surface area (Å²) in [6.45, 7) is 3.85. The molecule has 4 nitrogen and oxygen atoms in total. The van der Waals surface area contributed by atoms with Crippen LogP contribution in [-0.2, 0) is 0 Å². The molecule has 0 radical (unpaired) electrons. The third-order valence-corrected chi connectivity index (χ3v) is 2.61. The molecule has 0 unspecified atom stereocenters. The van der Waals surface area contributed by atoms with Gasteiger partial charge in [-0.15, -0.1) is 10.2 Å². The van der Waals surface area contributed by atoms with E-state index in [9.17, 15) is 5.11 Å². The topological polar surface area (TPSA) is 58.0 Å². The predicted molar refractivity (Wildman–Crippen MR) is 69.3 cm³/mol. The minimum absolute atomic E-state index is 0.384. The van der Waals surface area contributed by atoms with Crippen molar-refractivity contribution in [2.45, 2.75) is 19.4 Å². The van der Waals surface area contributed by atoms with Gasteiger partial charge in [-0.3, -0.25) is 0 Å². The fourth-order valence-corrected chi connectivity index (χ4v) is 1.70. The highest BCUT2D eigenvalue weighted by Gasteiger charge is 2.14. The number of aliphatic hydroxyl groups is 1. The van der Waals surface area contributed by atoms with E-state index in [0.717, 1.165) is 10.8 Å². The van der Waals surface area contributed by atoms with Crippen molar-refractivity contribution >= 4 is 28.2 Å². The molecule has 0 amide bonds. The summed E-state index contributed by atoms with van der Waals surface area (Å²) in [5.74, 6) is 0.632. The zero-order valence-corrected chi connectivity index (χ0v) is 10.5. The molecule has 17 heavy (non-hydrogen) atoms. The van der Waals surface area contributed by atoms with Crippen molar-refractivity contribution in [2.75, 3.05) is 11.9 Å². The predicted octanol–water partition coefficient (Wildman–Crippen LogP) is 2.47. The molecule has 0 saturated heterocycles. The van der Waals surface area contributed by atoms with Crippen molar-refractivity contribution < 1.29 is 5.11 Å². The molecule has 1 aromatic carbocycles. The van der Waals surface area contributed by atoms with Crippen LogP contribution >= 0.6 is 11.6 Å². The largest absolute Gasteiger partial charge is 0.389 e. The summed E-state index contributed by atoms with van der Waals surface area (Å²) in [7, 11) is 0. The van der Waals surface area contributed by atoms with Gasteiger partial charge in [0, 0.05) is 17.3 Å². The van der Waals surface area contributed by atoms with Crippen LogP contribution in [0.5, 0.6) is 0 Å². The van der Waals surface area contributed by atoms with Crippen LogP contribution in [0.3, 0.4) is 0 Å². The van der Waals surface area contributed by atoms with E-state index in [1.807, 2.05) is 24.3 Å². The zero-order valence-electron chi connectivity index (χ0n) is 9.74. The molecule has 0 atom stereocenters. The lowest BCUT2D eigenvalue weighted by Crippen LogP contribution is -2.29. The lowest BCUT2D eigenvalue weighted by molar-refractivity contribution is 0.0944. The molecule has 2 aromatic rings. The molecule has 1 aromatic heterocycles. The molecule has 2 rings (SSSR count). The Kier molecular flexibility index (Phi) is 3.17. The van der Waals surface area contributed by atoms with E-state index in [1.54, 1.807) is 13.8 Å². The minimum atomic E-state index is -0.803. The van der Waals surface area contributed by atoms with E-state index in [4.69, 9.17) is 11.6 Å². The molecule has 0 aliphatic carbocycles. The Labute approximate surface area is 105 Å². The van der Waals surface area contributed by atoms with Gasteiger partial charge in [0.05, 0.1) is 5.60 Å². The molecule has 0 spiro atoms. The third kappa shape index (κ3) is 2.84. The van der Waals surface area contributed by atoms with Gasteiger partial charge in [0.2, 0.25) is 0 Å². The van der Waals surface area contributed by atoms with E-state index in [2.05, 4.69) is 15.5 Å². The van der Waals surface area contributed by atoms with Gasteiger partial charge in [0.1, 0.15) is 0 Å². The summed E-state index contributed by atoms with van der Waals surface area (Å²) in [5.41, 5.74) is -0.803. The Hall–Kier alpha value is -1.39. The summed E-state index contributed by atoms with van der Waals surface area (Å²) in [4.78, 5) is 0. The van der Waals surface area contributed by atoms with Gasteiger partial charge in [-0.05, 0) is 13.8 Å². The number of aromatic nitrogens is 2. The maximum absolute atomic E-state index is 9.67. The van der Waals surface area contributed by atoms with Crippen molar-refractivity contribution in [2.24, 2.45) is 0 Å². The van der Waals surface area contributed by atoms with Gasteiger partial charge in [0.15, 0.2) is 11.0 Å². The van der Waals surface area contributed by atoms with Gasteiger partial charge >= 0.3 is 0 Å². The zero-order chi connectivity index (χ0) is 12.5. The average molecular weight is 252 g/mol. The van der Waals surface area contributed by atoms with Gasteiger partial charge in [-0.1, -0.05) is 35.9 Å². The highest BCUT2D eigenvalue weighted by Crippen LogP contribution is 2.25. The number of rotatable bonds is 3. The van der Waals surface area contributed by atoms with Crippen LogP contribution in [0.1, 0.15) is 13.8 Å². The van der Waals surface area contributed by atoms with Gasteiger partial charge in [0.25, 0.3) is 0 Å². The molecule has 0 aliphatic rings. The quantitative estimate of drug-likeness (QED) is 0.880. The van der Waals surface area contributed by atoms with Crippen molar-refractivity contribution in [1.82, 2.24) is 10.2 Å². The number of hydrogen-bond acceptors (Lipinski definition) is 4. The molecule has 90 valence electrons. The second-order valence-corrected chi connectivity index (χ2v) is 4.91. The second-order valence-electron chi connectivity index (χ2n) is 4.55. The molecule has 2 N–H and O–H groups in total. The first kappa shape index (κ1) is 12.1. The Morgan fingerprint density at radius 1 is 1.24 bits per heavy atom. The Balaban J connectivity index is 2.38. The second kappa shape index (κ2) is 4.47. The molecule has 0 aliphatic heterocycles. The van der Waals surface area contributed by atoms with Crippen molar-refractivity contribution in [3.63, 3.8) is 0 Å². The van der Waals surface area contributed by atoms with E-state index < -0.39 is 5.60 Å². The molecule has 5 heteroatoms.